The molecule has 3 aromatic carbocycles. The van der Waals surface area contributed by atoms with Gasteiger partial charge in [-0.3, -0.25) is 0 Å². The molecular formula is C95H132O6. The zero-order chi connectivity index (χ0) is 72.4. The third-order valence-electron chi connectivity index (χ3n) is 33.6. The first-order valence-corrected chi connectivity index (χ1v) is 40.8. The third-order valence-corrected chi connectivity index (χ3v) is 33.6. The van der Waals surface area contributed by atoms with Gasteiger partial charge in [0.05, 0.1) is 19.3 Å². The van der Waals surface area contributed by atoms with E-state index in [1.165, 1.54) is 128 Å². The number of rotatable bonds is 10. The Kier molecular flexibility index (Phi) is 20.1. The number of esters is 2. The number of methoxy groups -OCH3 is 1. The van der Waals surface area contributed by atoms with Crippen molar-refractivity contribution in [3.8, 4) is 0 Å². The first kappa shape index (κ1) is 74.2. The Labute approximate surface area is 612 Å². The zero-order valence-corrected chi connectivity index (χ0v) is 66.1. The predicted molar refractivity (Wildman–Crippen MR) is 414 cm³/mol. The summed E-state index contributed by atoms with van der Waals surface area (Å²) in [6.07, 6.45) is 33.8. The Bertz CT molecular complexity index is 3780. The molecule has 3 fully saturated rings. The van der Waals surface area contributed by atoms with Gasteiger partial charge in [-0.2, -0.15) is 0 Å². The van der Waals surface area contributed by atoms with Gasteiger partial charge in [-0.1, -0.05) is 244 Å². The fourth-order valence-corrected chi connectivity index (χ4v) is 26.9. The fourth-order valence-electron chi connectivity index (χ4n) is 26.9. The number of fused-ring (bicyclic) bond motifs is 12. The molecule has 12 aliphatic rings. The number of carbonyl (C=O) groups is 2. The highest BCUT2D eigenvalue weighted by Crippen LogP contribution is 2.72. The van der Waals surface area contributed by atoms with Crippen molar-refractivity contribution in [3.63, 3.8) is 0 Å². The van der Waals surface area contributed by atoms with E-state index in [1.54, 1.807) is 44.6 Å². The summed E-state index contributed by atoms with van der Waals surface area (Å²) in [5.74, 6) is 4.54. The van der Waals surface area contributed by atoms with Crippen molar-refractivity contribution in [1.82, 2.24) is 0 Å². The van der Waals surface area contributed by atoms with Crippen LogP contribution in [-0.4, -0.2) is 35.4 Å². The van der Waals surface area contributed by atoms with Crippen LogP contribution in [0.5, 0.6) is 0 Å². The molecule has 0 aromatic heterocycles. The monoisotopic (exact) mass is 1370 g/mol. The van der Waals surface area contributed by atoms with Crippen LogP contribution in [0.15, 0.2) is 159 Å². The smallest absolute Gasteiger partial charge is 0.418 e. The molecule has 0 amide bonds. The van der Waals surface area contributed by atoms with E-state index in [9.17, 15) is 19.8 Å². The van der Waals surface area contributed by atoms with E-state index in [0.29, 0.717) is 50.7 Å². The lowest BCUT2D eigenvalue weighted by Gasteiger charge is -2.60. The van der Waals surface area contributed by atoms with E-state index in [1.807, 2.05) is 42.0 Å². The highest BCUT2D eigenvalue weighted by atomic mass is 16.6. The molecule has 6 nitrogen and oxygen atoms in total. The largest absolute Gasteiger partial charge is 0.461 e. The maximum Gasteiger partial charge on any atom is 0.418 e. The van der Waals surface area contributed by atoms with Crippen molar-refractivity contribution < 1.29 is 29.3 Å². The second kappa shape index (κ2) is 27.4. The van der Waals surface area contributed by atoms with Crippen LogP contribution in [0.4, 0.5) is 0 Å². The summed E-state index contributed by atoms with van der Waals surface area (Å²) < 4.78 is 10.5. The van der Waals surface area contributed by atoms with Crippen molar-refractivity contribution in [2.45, 2.75) is 277 Å². The zero-order valence-electron chi connectivity index (χ0n) is 66.1. The molecule has 0 bridgehead atoms. The maximum absolute atomic E-state index is 12.6. The molecule has 3 saturated carbocycles. The second-order valence-corrected chi connectivity index (χ2v) is 38.9. The van der Waals surface area contributed by atoms with Gasteiger partial charge in [0.1, 0.15) is 6.10 Å². The highest BCUT2D eigenvalue weighted by Gasteiger charge is 2.62. The second-order valence-electron chi connectivity index (χ2n) is 38.9. The van der Waals surface area contributed by atoms with E-state index < -0.39 is 18.0 Å². The molecule has 15 rings (SSSR count). The molecule has 12 aliphatic carbocycles. The average Bonchev–Trinajstić information content (AvgIpc) is 1.64. The molecule has 101 heavy (non-hydrogen) atoms. The van der Waals surface area contributed by atoms with Crippen LogP contribution in [-0.2, 0) is 25.5 Å². The molecule has 3 aromatic rings. The van der Waals surface area contributed by atoms with Crippen LogP contribution in [0.25, 0.3) is 0 Å². The number of carbonyl (C=O) groups excluding carboxylic acids is 2. The summed E-state index contributed by atoms with van der Waals surface area (Å²) in [5.41, 5.74) is 21.4. The quantitative estimate of drug-likeness (QED) is 0.155. The van der Waals surface area contributed by atoms with Crippen LogP contribution in [0.3, 0.4) is 0 Å². The predicted octanol–water partition coefficient (Wildman–Crippen LogP) is 23.8. The SMILES string of the molecule is CC(C(O)c1ccccc1)C1CC=C2C3=C(CCC21C)C1(C)CCC(C)C(C)(C)C1CC3.CC(Cc1ccccc1)C1CC=C2C3=C(CCC21C)C1(C)CCC(O)C(C)(C)C1CC3.COC(=O)C(=O)OC(c1ccccc1)C(C)C1CC=C2C3=C(CCC21C)C1(C)CCC(C)C(C)(C)C1CC3. The normalized spacial score (nSPS) is 38.2. The molecule has 548 valence electrons. The minimum absolute atomic E-state index is 0.0308. The first-order valence-electron chi connectivity index (χ1n) is 40.8. The molecule has 0 heterocycles. The van der Waals surface area contributed by atoms with Crippen LogP contribution in [0.1, 0.15) is 281 Å². The molecule has 0 radical (unpaired) electrons. The fraction of sp³-hybridized carbons (Fsp3) is 0.663. The van der Waals surface area contributed by atoms with Crippen LogP contribution in [0, 0.1) is 114 Å². The number of aliphatic hydroxyl groups excluding tert-OH is 2. The van der Waals surface area contributed by atoms with Crippen molar-refractivity contribution in [2.24, 2.45) is 114 Å². The van der Waals surface area contributed by atoms with Crippen LogP contribution in [0.2, 0.25) is 0 Å². The topological polar surface area (TPSA) is 93.1 Å². The minimum Gasteiger partial charge on any atom is -0.461 e. The molecule has 0 saturated heterocycles. The highest BCUT2D eigenvalue weighted by molar-refractivity contribution is 6.29. The molecule has 20 unspecified atom stereocenters. The van der Waals surface area contributed by atoms with Crippen LogP contribution >= 0.6 is 0 Å². The average molecular weight is 1370 g/mol. The molecule has 0 spiro atoms. The summed E-state index contributed by atoms with van der Waals surface area (Å²) in [6.45, 7) is 42.0. The first-order chi connectivity index (χ1) is 47.7. The van der Waals surface area contributed by atoms with E-state index in [4.69, 9.17) is 4.74 Å². The molecule has 0 aliphatic heterocycles. The molecule has 2 N–H and O–H groups in total. The summed E-state index contributed by atoms with van der Waals surface area (Å²) in [6, 6.07) is 31.3. The summed E-state index contributed by atoms with van der Waals surface area (Å²) >= 11 is 0. The lowest BCUT2D eigenvalue weighted by molar-refractivity contribution is -0.172. The maximum atomic E-state index is 12.6. The number of ether oxygens (including phenoxy) is 2. The lowest BCUT2D eigenvalue weighted by atomic mass is 9.45. The van der Waals surface area contributed by atoms with Gasteiger partial charge in [0.2, 0.25) is 0 Å². The van der Waals surface area contributed by atoms with Gasteiger partial charge >= 0.3 is 11.9 Å². The van der Waals surface area contributed by atoms with Gasteiger partial charge < -0.3 is 19.7 Å². The standard InChI is InChI=1S/C34H46O4.C31H44O.C30H42O/c1-21-17-19-34(6)27-18-20-33(5)25(14-15-26(33)24(27)13-16-28(34)32(21,3)4)22(2)29(23-11-9-8-10-12-23)38-31(36)30(35)37-7;1-20-16-18-31(6)26-17-19-30(5)24(21(2)28(32)22-10-8-7-9-11-22)13-14-25(30)23(26)12-15-27(31)29(20,3)4;1-20(19-21-9-7-6-8-10-21)23-12-13-24-22-11-14-26-28(2,3)27(31)16-18-30(26,5)25(22)15-17-29(23,24)4/h8-12,15,21-22,25,28-29H,13-14,16-20H2,1-7H3;7-11,14,20-21,24,27-28,32H,12-13,15-19H2,1-6H3;6-10,13,20,23,26-27,31H,11-12,14-19H2,1-5H3. The number of allylic oxidation sites excluding steroid dienone is 12. The Balaban J connectivity index is 0.000000136. The van der Waals surface area contributed by atoms with Crippen molar-refractivity contribution in [1.29, 1.82) is 0 Å². The van der Waals surface area contributed by atoms with Crippen molar-refractivity contribution in [3.05, 3.63) is 176 Å². The van der Waals surface area contributed by atoms with Gasteiger partial charge in [-0.25, -0.2) is 9.59 Å². The van der Waals surface area contributed by atoms with Gasteiger partial charge in [0, 0.05) is 5.92 Å². The van der Waals surface area contributed by atoms with E-state index in [-0.39, 0.29) is 45.7 Å². The number of aliphatic hydroxyl groups is 2. The van der Waals surface area contributed by atoms with E-state index >= 15 is 0 Å². The van der Waals surface area contributed by atoms with Gasteiger partial charge in [-0.05, 0) is 299 Å². The summed E-state index contributed by atoms with van der Waals surface area (Å²) in [7, 11) is 1.22. The number of hydrogen-bond donors (Lipinski definition) is 2. The van der Waals surface area contributed by atoms with Gasteiger partial charge in [0.25, 0.3) is 0 Å². The Hall–Kier alpha value is -5.04. The Morgan fingerprint density at radius 2 is 0.822 bits per heavy atom. The lowest BCUT2D eigenvalue weighted by Crippen LogP contribution is -2.53. The van der Waals surface area contributed by atoms with E-state index in [2.05, 4.69) is 195 Å². The van der Waals surface area contributed by atoms with Gasteiger partial charge in [0.15, 0.2) is 0 Å². The van der Waals surface area contributed by atoms with Crippen molar-refractivity contribution in [2.75, 3.05) is 7.11 Å². The molecule has 6 heteroatoms. The van der Waals surface area contributed by atoms with E-state index in [0.717, 1.165) is 66.4 Å². The minimum atomic E-state index is -0.947. The van der Waals surface area contributed by atoms with Gasteiger partial charge in [-0.15, -0.1) is 0 Å². The van der Waals surface area contributed by atoms with Crippen LogP contribution < -0.4 is 0 Å². The Morgan fingerprint density at radius 3 is 1.26 bits per heavy atom. The summed E-state index contributed by atoms with van der Waals surface area (Å²) in [5, 5.41) is 22.0. The van der Waals surface area contributed by atoms with Crippen molar-refractivity contribution >= 4 is 11.9 Å². The molecule has 20 atom stereocenters. The number of benzene rings is 3. The number of hydrogen-bond acceptors (Lipinski definition) is 6. The molecular weight excluding hydrogens is 1240 g/mol. The Morgan fingerprint density at radius 1 is 0.446 bits per heavy atom. The summed E-state index contributed by atoms with van der Waals surface area (Å²) in [4.78, 5) is 24.5. The third kappa shape index (κ3) is 12.2.